The summed E-state index contributed by atoms with van der Waals surface area (Å²) < 4.78 is 7.73. The number of hydrogen-bond acceptors (Lipinski definition) is 3. The molecule has 2 rings (SSSR count). The van der Waals surface area contributed by atoms with E-state index >= 15 is 0 Å². The van der Waals surface area contributed by atoms with Gasteiger partial charge in [0, 0.05) is 35.7 Å². The molecule has 2 nitrogen and oxygen atoms in total. The molecule has 1 aromatic rings. The van der Waals surface area contributed by atoms with E-state index in [-0.39, 0.29) is 0 Å². The fourth-order valence-corrected chi connectivity index (χ4v) is 4.15. The highest BCUT2D eigenvalue weighted by atomic mass is 79.9. The van der Waals surface area contributed by atoms with Crippen molar-refractivity contribution in [1.29, 1.82) is 0 Å². The molecule has 1 N–H and O–H groups in total. The van der Waals surface area contributed by atoms with Crippen LogP contribution in [0.4, 0.5) is 0 Å². The Morgan fingerprint density at radius 3 is 2.71 bits per heavy atom. The Bertz CT molecular complexity index is 355. The Hall–Kier alpha value is 0.580. The minimum atomic E-state index is 0.407. The summed E-state index contributed by atoms with van der Waals surface area (Å²) in [6.45, 7) is 6.19. The molecule has 0 atom stereocenters. The lowest BCUT2D eigenvalue weighted by atomic mass is 9.82. The van der Waals surface area contributed by atoms with Gasteiger partial charge < -0.3 is 10.1 Å². The molecule has 0 saturated carbocycles. The van der Waals surface area contributed by atoms with Crippen LogP contribution in [-0.4, -0.2) is 19.8 Å². The van der Waals surface area contributed by atoms with Gasteiger partial charge in [-0.15, -0.1) is 11.3 Å². The quantitative estimate of drug-likeness (QED) is 0.843. The Morgan fingerprint density at radius 1 is 1.41 bits per heavy atom. The maximum Gasteiger partial charge on any atom is 0.0843 e. The zero-order valence-electron chi connectivity index (χ0n) is 9.89. The molecule has 2 heterocycles. The highest BCUT2D eigenvalue weighted by molar-refractivity contribution is 9.13. The van der Waals surface area contributed by atoms with Crippen molar-refractivity contribution in [2.24, 2.45) is 5.41 Å². The maximum atomic E-state index is 5.41. The number of hydrogen-bond donors (Lipinski definition) is 1. The first-order valence-electron chi connectivity index (χ1n) is 5.81. The summed E-state index contributed by atoms with van der Waals surface area (Å²) in [5, 5.41) is 3.57. The SMILES string of the molecule is CC1(CNCc2cc(Br)c(Br)s2)CCOCC1. The van der Waals surface area contributed by atoms with E-state index < -0.39 is 0 Å². The average Bonchev–Trinajstić information content (AvgIpc) is 2.59. The third-order valence-corrected chi connectivity index (χ3v) is 6.50. The van der Waals surface area contributed by atoms with Crippen LogP contribution in [0.1, 0.15) is 24.6 Å². The van der Waals surface area contributed by atoms with E-state index in [1.165, 1.54) is 8.66 Å². The monoisotopic (exact) mass is 381 g/mol. The van der Waals surface area contributed by atoms with Crippen molar-refractivity contribution < 1.29 is 4.74 Å². The van der Waals surface area contributed by atoms with Crippen LogP contribution < -0.4 is 5.32 Å². The van der Waals surface area contributed by atoms with Gasteiger partial charge in [0.25, 0.3) is 0 Å². The molecule has 1 aromatic heterocycles. The van der Waals surface area contributed by atoms with Crippen molar-refractivity contribution >= 4 is 43.2 Å². The van der Waals surface area contributed by atoms with E-state index in [2.05, 4.69) is 50.2 Å². The molecule has 1 aliphatic rings. The van der Waals surface area contributed by atoms with E-state index in [4.69, 9.17) is 4.74 Å². The molecule has 0 bridgehead atoms. The van der Waals surface area contributed by atoms with Crippen LogP contribution in [0.25, 0.3) is 0 Å². The van der Waals surface area contributed by atoms with Gasteiger partial charge in [-0.3, -0.25) is 0 Å². The predicted octanol–water partition coefficient (Wildman–Crippen LogP) is 4.18. The standard InChI is InChI=1S/C12H17Br2NOS/c1-12(2-4-16-5-3-12)8-15-7-9-6-10(13)11(14)17-9/h6,15H,2-5,7-8H2,1H3. The maximum absolute atomic E-state index is 5.41. The van der Waals surface area contributed by atoms with Crippen molar-refractivity contribution in [2.75, 3.05) is 19.8 Å². The molecule has 0 aliphatic carbocycles. The first kappa shape index (κ1) is 14.0. The number of rotatable bonds is 4. The van der Waals surface area contributed by atoms with Gasteiger partial charge in [-0.25, -0.2) is 0 Å². The summed E-state index contributed by atoms with van der Waals surface area (Å²) in [5.74, 6) is 0. The lowest BCUT2D eigenvalue weighted by Crippen LogP contribution is -2.36. The largest absolute Gasteiger partial charge is 0.381 e. The minimum Gasteiger partial charge on any atom is -0.381 e. The molecule has 17 heavy (non-hydrogen) atoms. The van der Waals surface area contributed by atoms with Gasteiger partial charge >= 0.3 is 0 Å². The van der Waals surface area contributed by atoms with Gasteiger partial charge in [0.1, 0.15) is 0 Å². The Balaban J connectivity index is 1.78. The molecule has 0 radical (unpaired) electrons. The normalized spacial score (nSPS) is 19.5. The first-order valence-corrected chi connectivity index (χ1v) is 8.21. The summed E-state index contributed by atoms with van der Waals surface area (Å²) in [6, 6.07) is 2.17. The molecular weight excluding hydrogens is 366 g/mol. The number of nitrogens with one attached hydrogen (secondary N) is 1. The molecule has 1 saturated heterocycles. The lowest BCUT2D eigenvalue weighted by Gasteiger charge is -2.33. The molecule has 5 heteroatoms. The van der Waals surface area contributed by atoms with Crippen molar-refractivity contribution in [2.45, 2.75) is 26.3 Å². The van der Waals surface area contributed by atoms with Gasteiger partial charge in [-0.1, -0.05) is 6.92 Å². The highest BCUT2D eigenvalue weighted by Gasteiger charge is 2.26. The highest BCUT2D eigenvalue weighted by Crippen LogP contribution is 2.33. The molecule has 0 unspecified atom stereocenters. The van der Waals surface area contributed by atoms with Crippen LogP contribution in [0.2, 0.25) is 0 Å². The first-order chi connectivity index (χ1) is 8.09. The summed E-state index contributed by atoms with van der Waals surface area (Å²) >= 11 is 8.82. The van der Waals surface area contributed by atoms with E-state index in [1.807, 2.05) is 0 Å². The lowest BCUT2D eigenvalue weighted by molar-refractivity contribution is 0.0240. The molecule has 0 spiro atoms. The molecule has 1 fully saturated rings. The molecule has 0 amide bonds. The van der Waals surface area contributed by atoms with E-state index in [0.717, 1.165) is 43.6 Å². The smallest absolute Gasteiger partial charge is 0.0843 e. The minimum absolute atomic E-state index is 0.407. The number of ether oxygens (including phenoxy) is 1. The van der Waals surface area contributed by atoms with Crippen LogP contribution in [0.5, 0.6) is 0 Å². The van der Waals surface area contributed by atoms with Crippen LogP contribution in [0.15, 0.2) is 14.3 Å². The van der Waals surface area contributed by atoms with Crippen LogP contribution >= 0.6 is 43.2 Å². The van der Waals surface area contributed by atoms with Crippen molar-refractivity contribution in [3.05, 3.63) is 19.2 Å². The summed E-state index contributed by atoms with van der Waals surface area (Å²) in [6.07, 6.45) is 2.33. The van der Waals surface area contributed by atoms with E-state index in [0.29, 0.717) is 5.41 Å². The number of thiophene rings is 1. The van der Waals surface area contributed by atoms with E-state index in [9.17, 15) is 0 Å². The fraction of sp³-hybridized carbons (Fsp3) is 0.667. The molecule has 1 aliphatic heterocycles. The second-order valence-electron chi connectivity index (χ2n) is 4.86. The van der Waals surface area contributed by atoms with Crippen LogP contribution in [0.3, 0.4) is 0 Å². The van der Waals surface area contributed by atoms with Gasteiger partial charge in [-0.2, -0.15) is 0 Å². The Kier molecular flexibility index (Phi) is 5.06. The van der Waals surface area contributed by atoms with Crippen molar-refractivity contribution in [3.63, 3.8) is 0 Å². The van der Waals surface area contributed by atoms with Gasteiger partial charge in [-0.05, 0) is 56.2 Å². The summed E-state index contributed by atoms with van der Waals surface area (Å²) in [5.41, 5.74) is 0.407. The zero-order chi connectivity index (χ0) is 12.3. The van der Waals surface area contributed by atoms with E-state index in [1.54, 1.807) is 11.3 Å². The molecule has 0 aromatic carbocycles. The second kappa shape index (κ2) is 6.15. The summed E-state index contributed by atoms with van der Waals surface area (Å²) in [4.78, 5) is 1.36. The summed E-state index contributed by atoms with van der Waals surface area (Å²) in [7, 11) is 0. The number of halogens is 2. The average molecular weight is 383 g/mol. The fourth-order valence-electron chi connectivity index (χ4n) is 2.01. The van der Waals surface area contributed by atoms with Gasteiger partial charge in [0.15, 0.2) is 0 Å². The van der Waals surface area contributed by atoms with Crippen molar-refractivity contribution in [3.8, 4) is 0 Å². The van der Waals surface area contributed by atoms with Gasteiger partial charge in [0.2, 0.25) is 0 Å². The van der Waals surface area contributed by atoms with Gasteiger partial charge in [0.05, 0.1) is 3.79 Å². The third kappa shape index (κ3) is 4.03. The predicted molar refractivity (Wildman–Crippen MR) is 79.6 cm³/mol. The Labute approximate surface area is 123 Å². The molecule has 96 valence electrons. The second-order valence-corrected chi connectivity index (χ2v) is 8.17. The topological polar surface area (TPSA) is 21.3 Å². The zero-order valence-corrected chi connectivity index (χ0v) is 13.9. The van der Waals surface area contributed by atoms with Crippen LogP contribution in [0, 0.1) is 5.41 Å². The third-order valence-electron chi connectivity index (χ3n) is 3.25. The van der Waals surface area contributed by atoms with Crippen molar-refractivity contribution in [1.82, 2.24) is 5.32 Å². The Morgan fingerprint density at radius 2 is 2.12 bits per heavy atom. The van der Waals surface area contributed by atoms with Crippen LogP contribution in [-0.2, 0) is 11.3 Å². The molecular formula is C12H17Br2NOS.